The fraction of sp³-hybridized carbons (Fsp3) is 0.588. The molecule has 124 valence electrons. The molecular formula is C17H23N3OS2. The zero-order valence-corrected chi connectivity index (χ0v) is 15.8. The van der Waals surface area contributed by atoms with E-state index >= 15 is 0 Å². The predicted molar refractivity (Wildman–Crippen MR) is 97.3 cm³/mol. The van der Waals surface area contributed by atoms with Crippen molar-refractivity contribution in [3.63, 3.8) is 0 Å². The summed E-state index contributed by atoms with van der Waals surface area (Å²) in [4.78, 5) is 25.9. The molecule has 0 aliphatic carbocycles. The van der Waals surface area contributed by atoms with Gasteiger partial charge in [-0.25, -0.2) is 9.97 Å². The fourth-order valence-corrected chi connectivity index (χ4v) is 5.07. The number of amides is 1. The second-order valence-electron chi connectivity index (χ2n) is 6.39. The van der Waals surface area contributed by atoms with E-state index in [0.717, 1.165) is 52.9 Å². The Morgan fingerprint density at radius 2 is 1.96 bits per heavy atom. The molecule has 4 nitrogen and oxygen atoms in total. The lowest BCUT2D eigenvalue weighted by Gasteiger charge is -2.30. The molecule has 1 fully saturated rings. The first-order valence-electron chi connectivity index (χ1n) is 8.10. The van der Waals surface area contributed by atoms with Gasteiger partial charge in [-0.15, -0.1) is 11.3 Å². The maximum Gasteiger partial charge on any atom is 0.232 e. The predicted octanol–water partition coefficient (Wildman–Crippen LogP) is 3.97. The van der Waals surface area contributed by atoms with Gasteiger partial charge in [-0.2, -0.15) is 0 Å². The highest BCUT2D eigenvalue weighted by Crippen LogP contribution is 2.35. The van der Waals surface area contributed by atoms with Crippen molar-refractivity contribution in [2.24, 2.45) is 5.92 Å². The van der Waals surface area contributed by atoms with Crippen LogP contribution in [0.2, 0.25) is 0 Å². The minimum atomic E-state index is 0.232. The lowest BCUT2D eigenvalue weighted by molar-refractivity contribution is -0.129. The number of likely N-dealkylation sites (tertiary alicyclic amines) is 1. The maximum absolute atomic E-state index is 12.5. The Labute approximate surface area is 145 Å². The second-order valence-corrected chi connectivity index (χ2v) is 8.56. The van der Waals surface area contributed by atoms with Crippen molar-refractivity contribution in [1.82, 2.24) is 14.9 Å². The van der Waals surface area contributed by atoms with Crippen molar-refractivity contribution in [3.8, 4) is 0 Å². The lowest BCUT2D eigenvalue weighted by atomic mass is 9.99. The van der Waals surface area contributed by atoms with Crippen molar-refractivity contribution in [2.45, 2.75) is 45.6 Å². The number of carbonyl (C=O) groups is 1. The zero-order valence-electron chi connectivity index (χ0n) is 14.2. The fourth-order valence-electron chi connectivity index (χ4n) is 2.90. The van der Waals surface area contributed by atoms with Gasteiger partial charge in [0.05, 0.1) is 5.75 Å². The molecule has 3 rings (SSSR count). The van der Waals surface area contributed by atoms with Gasteiger partial charge in [-0.05, 0) is 45.1 Å². The topological polar surface area (TPSA) is 46.1 Å². The summed E-state index contributed by atoms with van der Waals surface area (Å²) in [5.74, 6) is 2.22. The van der Waals surface area contributed by atoms with Crippen LogP contribution in [-0.4, -0.2) is 39.6 Å². The van der Waals surface area contributed by atoms with Crippen molar-refractivity contribution >= 4 is 39.2 Å². The largest absolute Gasteiger partial charge is 0.342 e. The van der Waals surface area contributed by atoms with E-state index in [1.165, 1.54) is 10.4 Å². The molecular weight excluding hydrogens is 326 g/mol. The average molecular weight is 350 g/mol. The van der Waals surface area contributed by atoms with Gasteiger partial charge in [0.15, 0.2) is 0 Å². The van der Waals surface area contributed by atoms with Gasteiger partial charge in [0.25, 0.3) is 0 Å². The highest BCUT2D eigenvalue weighted by atomic mass is 32.2. The highest BCUT2D eigenvalue weighted by molar-refractivity contribution is 8.00. The molecule has 0 spiro atoms. The number of fused-ring (bicyclic) bond motifs is 1. The molecule has 1 aliphatic rings. The van der Waals surface area contributed by atoms with Crippen molar-refractivity contribution in [2.75, 3.05) is 18.8 Å². The van der Waals surface area contributed by atoms with Crippen LogP contribution in [0.1, 0.15) is 36.0 Å². The Balaban J connectivity index is 1.75. The number of hydrogen-bond acceptors (Lipinski definition) is 5. The van der Waals surface area contributed by atoms with E-state index in [1.807, 2.05) is 11.8 Å². The molecule has 0 N–H and O–H groups in total. The summed E-state index contributed by atoms with van der Waals surface area (Å²) in [5.41, 5.74) is 1.24. The summed E-state index contributed by atoms with van der Waals surface area (Å²) in [6, 6.07) is 0. The molecule has 2 aromatic rings. The molecule has 1 aliphatic heterocycles. The number of rotatable bonds is 3. The highest BCUT2D eigenvalue weighted by Gasteiger charge is 2.21. The Morgan fingerprint density at radius 3 is 2.65 bits per heavy atom. The third-order valence-electron chi connectivity index (χ3n) is 4.58. The normalized spacial score (nSPS) is 16.3. The SMILES string of the molecule is Cc1nc(SCC(=O)N2CCC(C)CC2)c2c(C)c(C)sc2n1. The minimum absolute atomic E-state index is 0.232. The summed E-state index contributed by atoms with van der Waals surface area (Å²) in [6.07, 6.45) is 2.24. The van der Waals surface area contributed by atoms with Crippen LogP contribution in [0.4, 0.5) is 0 Å². The molecule has 0 saturated carbocycles. The van der Waals surface area contributed by atoms with Crippen LogP contribution in [0, 0.1) is 26.7 Å². The number of thiophene rings is 1. The number of carbonyl (C=O) groups excluding carboxylic acids is 1. The molecule has 0 bridgehead atoms. The van der Waals surface area contributed by atoms with E-state index in [4.69, 9.17) is 0 Å². The molecule has 23 heavy (non-hydrogen) atoms. The minimum Gasteiger partial charge on any atom is -0.342 e. The summed E-state index contributed by atoms with van der Waals surface area (Å²) >= 11 is 3.27. The van der Waals surface area contributed by atoms with E-state index in [9.17, 15) is 4.79 Å². The second kappa shape index (κ2) is 6.77. The lowest BCUT2D eigenvalue weighted by Crippen LogP contribution is -2.38. The molecule has 0 aromatic carbocycles. The van der Waals surface area contributed by atoms with Crippen LogP contribution in [0.15, 0.2) is 5.03 Å². The summed E-state index contributed by atoms with van der Waals surface area (Å²) in [6.45, 7) is 10.2. The Hall–Kier alpha value is -1.14. The Kier molecular flexibility index (Phi) is 4.92. The maximum atomic E-state index is 12.5. The van der Waals surface area contributed by atoms with Crippen LogP contribution in [0.3, 0.4) is 0 Å². The third kappa shape index (κ3) is 3.53. The number of piperidine rings is 1. The number of hydrogen-bond donors (Lipinski definition) is 0. The van der Waals surface area contributed by atoms with Crippen molar-refractivity contribution in [1.29, 1.82) is 0 Å². The van der Waals surface area contributed by atoms with E-state index < -0.39 is 0 Å². The Morgan fingerprint density at radius 1 is 1.26 bits per heavy atom. The van der Waals surface area contributed by atoms with Gasteiger partial charge in [0.1, 0.15) is 15.7 Å². The van der Waals surface area contributed by atoms with Gasteiger partial charge < -0.3 is 4.90 Å². The van der Waals surface area contributed by atoms with E-state index in [-0.39, 0.29) is 5.91 Å². The Bertz CT molecular complexity index is 733. The van der Waals surface area contributed by atoms with Crippen molar-refractivity contribution in [3.05, 3.63) is 16.3 Å². The number of aryl methyl sites for hydroxylation is 3. The average Bonchev–Trinajstić information content (AvgIpc) is 2.79. The van der Waals surface area contributed by atoms with Gasteiger partial charge >= 0.3 is 0 Å². The van der Waals surface area contributed by atoms with Gasteiger partial charge in [0, 0.05) is 23.4 Å². The van der Waals surface area contributed by atoms with Crippen LogP contribution >= 0.6 is 23.1 Å². The number of nitrogens with zero attached hydrogens (tertiary/aromatic N) is 3. The van der Waals surface area contributed by atoms with Gasteiger partial charge in [-0.3, -0.25) is 4.79 Å². The monoisotopic (exact) mass is 349 g/mol. The summed E-state index contributed by atoms with van der Waals surface area (Å²) < 4.78 is 0. The first-order valence-corrected chi connectivity index (χ1v) is 9.91. The zero-order chi connectivity index (χ0) is 16.6. The third-order valence-corrected chi connectivity index (χ3v) is 6.64. The first kappa shape index (κ1) is 16.7. The van der Waals surface area contributed by atoms with E-state index in [2.05, 4.69) is 30.7 Å². The van der Waals surface area contributed by atoms with Gasteiger partial charge in [-0.1, -0.05) is 18.7 Å². The first-order chi connectivity index (χ1) is 11.0. The summed E-state index contributed by atoms with van der Waals surface area (Å²) in [5, 5.41) is 2.08. The van der Waals surface area contributed by atoms with Crippen LogP contribution < -0.4 is 0 Å². The molecule has 0 atom stereocenters. The van der Waals surface area contributed by atoms with Crippen LogP contribution in [-0.2, 0) is 4.79 Å². The van der Waals surface area contributed by atoms with Crippen LogP contribution in [0.25, 0.3) is 10.2 Å². The number of thioether (sulfide) groups is 1. The molecule has 6 heteroatoms. The molecule has 2 aromatic heterocycles. The van der Waals surface area contributed by atoms with Crippen molar-refractivity contribution < 1.29 is 4.79 Å². The standard InChI is InChI=1S/C17H23N3OS2/c1-10-5-7-20(8-6-10)14(21)9-22-16-15-11(2)12(3)23-17(15)19-13(4)18-16/h10H,5-9H2,1-4H3. The quantitative estimate of drug-likeness (QED) is 0.621. The molecule has 1 amide bonds. The van der Waals surface area contributed by atoms with Crippen LogP contribution in [0.5, 0.6) is 0 Å². The number of aromatic nitrogens is 2. The molecule has 0 radical (unpaired) electrons. The molecule has 3 heterocycles. The van der Waals surface area contributed by atoms with Gasteiger partial charge in [0.2, 0.25) is 5.91 Å². The molecule has 1 saturated heterocycles. The smallest absolute Gasteiger partial charge is 0.232 e. The summed E-state index contributed by atoms with van der Waals surface area (Å²) in [7, 11) is 0. The van der Waals surface area contributed by atoms with E-state index in [1.54, 1.807) is 23.1 Å². The molecule has 0 unspecified atom stereocenters. The van der Waals surface area contributed by atoms with E-state index in [0.29, 0.717) is 5.75 Å².